The van der Waals surface area contributed by atoms with Crippen molar-refractivity contribution in [2.24, 2.45) is 5.11 Å². The maximum absolute atomic E-state index is 7.97. The maximum atomic E-state index is 7.97. The summed E-state index contributed by atoms with van der Waals surface area (Å²) >= 11 is 5.68. The Morgan fingerprint density at radius 2 is 2.50 bits per heavy atom. The van der Waals surface area contributed by atoms with Crippen LogP contribution in [0.2, 0.25) is 5.15 Å². The Balaban J connectivity index is 2.84. The summed E-state index contributed by atoms with van der Waals surface area (Å²) in [6.45, 7) is 0.0683. The lowest BCUT2D eigenvalue weighted by molar-refractivity contribution is 1.18. The molecule has 1 aromatic heterocycles. The van der Waals surface area contributed by atoms with Gasteiger partial charge in [0.05, 0.1) is 12.7 Å². The minimum absolute atomic E-state index is 0.0683. The van der Waals surface area contributed by atoms with Crippen LogP contribution < -0.4 is 5.73 Å². The van der Waals surface area contributed by atoms with Gasteiger partial charge in [-0.3, -0.25) is 0 Å². The van der Waals surface area contributed by atoms with E-state index >= 15 is 0 Å². The van der Waals surface area contributed by atoms with Gasteiger partial charge in [0.1, 0.15) is 5.82 Å². The van der Waals surface area contributed by atoms with Gasteiger partial charge in [0.15, 0.2) is 10.8 Å². The quantitative estimate of drug-likeness (QED) is 0.326. The average molecular weight is 209 g/mol. The lowest BCUT2D eigenvalue weighted by atomic mass is 10.4. The molecule has 7 heteroatoms. The highest BCUT2D eigenvalue weighted by Gasteiger charge is 1.99. The first-order valence-corrected chi connectivity index (χ1v) is 3.89. The topological polar surface area (TPSA) is 101 Å². The molecule has 0 fully saturated rings. The van der Waals surface area contributed by atoms with E-state index < -0.39 is 0 Å². The number of rotatable bonds is 1. The zero-order valence-electron chi connectivity index (χ0n) is 6.98. The molecule has 1 aromatic rings. The first kappa shape index (κ1) is 10.1. The Hall–Kier alpha value is -1.96. The van der Waals surface area contributed by atoms with Crippen molar-refractivity contribution >= 4 is 17.4 Å². The zero-order valence-corrected chi connectivity index (χ0v) is 7.73. The second-order valence-electron chi connectivity index (χ2n) is 2.13. The Bertz CT molecular complexity index is 439. The minimum atomic E-state index is 0.0683. The van der Waals surface area contributed by atoms with E-state index in [0.29, 0.717) is 5.69 Å². The van der Waals surface area contributed by atoms with E-state index in [9.17, 15) is 0 Å². The number of aromatic nitrogens is 2. The molecule has 0 atom stereocenters. The number of halogens is 1. The number of azide groups is 1. The van der Waals surface area contributed by atoms with Crippen LogP contribution >= 0.6 is 11.6 Å². The molecule has 0 spiro atoms. The van der Waals surface area contributed by atoms with Gasteiger partial charge in [0.2, 0.25) is 0 Å². The average Bonchev–Trinajstić information content (AvgIpc) is 2.15. The van der Waals surface area contributed by atoms with E-state index in [4.69, 9.17) is 22.9 Å². The summed E-state index contributed by atoms with van der Waals surface area (Å²) in [5.74, 6) is 5.40. The van der Waals surface area contributed by atoms with Gasteiger partial charge in [-0.25, -0.2) is 9.97 Å². The lowest BCUT2D eigenvalue weighted by Crippen LogP contribution is -1.94. The number of anilines is 1. The number of nitrogens with two attached hydrogens (primary N) is 1. The van der Waals surface area contributed by atoms with E-state index in [1.165, 1.54) is 6.20 Å². The van der Waals surface area contributed by atoms with Crippen molar-refractivity contribution in [3.63, 3.8) is 0 Å². The molecule has 70 valence electrons. The molecular formula is C7H5ClN6. The summed E-state index contributed by atoms with van der Waals surface area (Å²) in [7, 11) is 0. The number of hydrogen-bond donors (Lipinski definition) is 1. The predicted molar refractivity (Wildman–Crippen MR) is 52.3 cm³/mol. The van der Waals surface area contributed by atoms with Crippen LogP contribution in [0.25, 0.3) is 10.4 Å². The number of hydrogen-bond acceptors (Lipinski definition) is 4. The monoisotopic (exact) mass is 208 g/mol. The van der Waals surface area contributed by atoms with Crippen molar-refractivity contribution in [3.8, 4) is 11.8 Å². The van der Waals surface area contributed by atoms with Crippen LogP contribution in [0, 0.1) is 11.8 Å². The van der Waals surface area contributed by atoms with Crippen molar-refractivity contribution in [2.45, 2.75) is 0 Å². The van der Waals surface area contributed by atoms with Crippen LogP contribution in [-0.2, 0) is 0 Å². The van der Waals surface area contributed by atoms with E-state index in [1.807, 2.05) is 0 Å². The van der Waals surface area contributed by atoms with Crippen LogP contribution in [0.1, 0.15) is 5.69 Å². The van der Waals surface area contributed by atoms with Crippen molar-refractivity contribution in [1.29, 1.82) is 0 Å². The van der Waals surface area contributed by atoms with Crippen LogP contribution in [0.3, 0.4) is 0 Å². The summed E-state index contributed by atoms with van der Waals surface area (Å²) in [5.41, 5.74) is 13.6. The molecule has 0 aliphatic rings. The van der Waals surface area contributed by atoms with Gasteiger partial charge in [-0.2, -0.15) is 0 Å². The molecule has 0 radical (unpaired) electrons. The molecule has 0 aliphatic heterocycles. The molecule has 0 saturated heterocycles. The molecule has 0 aromatic carbocycles. The fraction of sp³-hybridized carbons (Fsp3) is 0.143. The highest BCUT2D eigenvalue weighted by molar-refractivity contribution is 6.30. The maximum Gasteiger partial charge on any atom is 0.165 e. The SMILES string of the molecule is [N-]=[N+]=NCC#Cc1ncc(N)nc1Cl. The van der Waals surface area contributed by atoms with Crippen molar-refractivity contribution in [2.75, 3.05) is 12.3 Å². The van der Waals surface area contributed by atoms with Crippen molar-refractivity contribution in [3.05, 3.63) is 27.5 Å². The van der Waals surface area contributed by atoms with E-state index in [-0.39, 0.29) is 17.5 Å². The van der Waals surface area contributed by atoms with E-state index in [2.05, 4.69) is 31.8 Å². The van der Waals surface area contributed by atoms with Gasteiger partial charge in [-0.05, 0) is 11.5 Å². The van der Waals surface area contributed by atoms with Gasteiger partial charge in [-0.1, -0.05) is 22.6 Å². The van der Waals surface area contributed by atoms with Gasteiger partial charge < -0.3 is 5.73 Å². The minimum Gasteiger partial charge on any atom is -0.382 e. The molecular weight excluding hydrogens is 204 g/mol. The van der Waals surface area contributed by atoms with Crippen LogP contribution in [0.15, 0.2) is 11.3 Å². The first-order valence-electron chi connectivity index (χ1n) is 3.52. The molecule has 1 heterocycles. The summed E-state index contributed by atoms with van der Waals surface area (Å²) in [6, 6.07) is 0. The summed E-state index contributed by atoms with van der Waals surface area (Å²) in [5, 5.41) is 3.36. The molecule has 0 saturated carbocycles. The van der Waals surface area contributed by atoms with E-state index in [0.717, 1.165) is 0 Å². The highest BCUT2D eigenvalue weighted by atomic mass is 35.5. The third kappa shape index (κ3) is 2.83. The van der Waals surface area contributed by atoms with Crippen LogP contribution in [-0.4, -0.2) is 16.5 Å². The second-order valence-corrected chi connectivity index (χ2v) is 2.48. The van der Waals surface area contributed by atoms with Crippen molar-refractivity contribution < 1.29 is 0 Å². The standard InChI is InChI=1S/C7H5ClN6/c8-7-5(2-1-3-12-14-10)11-4-6(9)13-7/h4H,3H2,(H2,9,13). The Morgan fingerprint density at radius 1 is 1.71 bits per heavy atom. The summed E-state index contributed by atoms with van der Waals surface area (Å²) in [6.07, 6.45) is 1.35. The van der Waals surface area contributed by atoms with E-state index in [1.54, 1.807) is 0 Å². The van der Waals surface area contributed by atoms with Gasteiger partial charge in [-0.15, -0.1) is 0 Å². The molecule has 6 nitrogen and oxygen atoms in total. The Labute approximate surface area is 84.7 Å². The molecule has 0 amide bonds. The molecule has 0 unspecified atom stereocenters. The summed E-state index contributed by atoms with van der Waals surface area (Å²) in [4.78, 5) is 10.1. The number of nitrogen functional groups attached to an aromatic ring is 1. The first-order chi connectivity index (χ1) is 6.74. The normalized spacial score (nSPS) is 8.36. The lowest BCUT2D eigenvalue weighted by Gasteiger charge is -1.94. The fourth-order valence-electron chi connectivity index (χ4n) is 0.653. The molecule has 0 bridgehead atoms. The smallest absolute Gasteiger partial charge is 0.165 e. The van der Waals surface area contributed by atoms with Gasteiger partial charge >= 0.3 is 0 Å². The van der Waals surface area contributed by atoms with Crippen LogP contribution in [0.4, 0.5) is 5.82 Å². The van der Waals surface area contributed by atoms with Gasteiger partial charge in [0, 0.05) is 4.91 Å². The van der Waals surface area contributed by atoms with Crippen LogP contribution in [0.5, 0.6) is 0 Å². The largest absolute Gasteiger partial charge is 0.382 e. The third-order valence-electron chi connectivity index (χ3n) is 1.17. The van der Waals surface area contributed by atoms with Crippen molar-refractivity contribution in [1.82, 2.24) is 9.97 Å². The predicted octanol–water partition coefficient (Wildman–Crippen LogP) is 1.37. The number of nitrogens with zero attached hydrogens (tertiary/aromatic N) is 5. The van der Waals surface area contributed by atoms with Gasteiger partial charge in [0.25, 0.3) is 0 Å². The molecule has 14 heavy (non-hydrogen) atoms. The third-order valence-corrected chi connectivity index (χ3v) is 1.43. The second kappa shape index (κ2) is 4.92. The highest BCUT2D eigenvalue weighted by Crippen LogP contribution is 2.09. The molecule has 1 rings (SSSR count). The molecule has 2 N–H and O–H groups in total. The Kier molecular flexibility index (Phi) is 3.56. The summed E-state index contributed by atoms with van der Waals surface area (Å²) < 4.78 is 0. The molecule has 0 aliphatic carbocycles. The Morgan fingerprint density at radius 3 is 3.14 bits per heavy atom. The zero-order chi connectivity index (χ0) is 10.4. The fourth-order valence-corrected chi connectivity index (χ4v) is 0.847.